The summed E-state index contributed by atoms with van der Waals surface area (Å²) in [6.45, 7) is 8.47. The molecule has 3 fully saturated rings. The Morgan fingerprint density at radius 2 is 0.868 bits per heavy atom. The van der Waals surface area contributed by atoms with Gasteiger partial charge in [-0.1, -0.05) is 27.7 Å². The van der Waals surface area contributed by atoms with Crippen LogP contribution in [0.1, 0.15) is 74.1 Å². The normalized spacial score (nSPS) is 38.2. The number of carbonyl (C=O) groups excluding carboxylic acids is 3. The summed E-state index contributed by atoms with van der Waals surface area (Å²) in [4.78, 5) is 36.8. The van der Waals surface area contributed by atoms with Crippen LogP contribution < -0.4 is 16.0 Å². The number of aliphatic hydroxyl groups excluding tert-OH is 8. The van der Waals surface area contributed by atoms with E-state index < -0.39 is 140 Å². The molecule has 15 unspecified atom stereocenters. The van der Waals surface area contributed by atoms with Gasteiger partial charge >= 0.3 is 0 Å². The number of nitrogens with one attached hydrogen (secondary N) is 3. The maximum atomic E-state index is 12.7. The summed E-state index contributed by atoms with van der Waals surface area (Å²) in [5, 5.41) is 94.6. The van der Waals surface area contributed by atoms with Gasteiger partial charge in [0.15, 0.2) is 18.9 Å². The minimum Gasteiger partial charge on any atom is -0.394 e. The zero-order valence-electron chi connectivity index (χ0n) is 31.5. The van der Waals surface area contributed by atoms with E-state index in [1.165, 1.54) is 20.8 Å². The van der Waals surface area contributed by atoms with Crippen molar-refractivity contribution in [3.05, 3.63) is 0 Å². The lowest BCUT2D eigenvalue weighted by Gasteiger charge is -2.56. The van der Waals surface area contributed by atoms with Crippen molar-refractivity contribution >= 4 is 17.7 Å². The molecule has 3 heterocycles. The summed E-state index contributed by atoms with van der Waals surface area (Å²) in [6, 6.07) is -3.97. The van der Waals surface area contributed by atoms with Crippen molar-refractivity contribution in [2.24, 2.45) is 11.8 Å². The Bertz CT molecular complexity index is 1210. The molecule has 0 bridgehead atoms. The number of aliphatic hydroxyl groups is 8. The van der Waals surface area contributed by atoms with Gasteiger partial charge < -0.3 is 80.5 Å². The molecule has 3 aliphatic heterocycles. The van der Waals surface area contributed by atoms with Gasteiger partial charge in [0, 0.05) is 32.6 Å². The Kier molecular flexibility index (Phi) is 16.4. The van der Waals surface area contributed by atoms with Gasteiger partial charge in [0.2, 0.25) is 17.7 Å². The third-order valence-corrected chi connectivity index (χ3v) is 11.2. The Labute approximate surface area is 309 Å². The predicted molar refractivity (Wildman–Crippen MR) is 182 cm³/mol. The molecule has 19 nitrogen and oxygen atoms in total. The van der Waals surface area contributed by atoms with E-state index in [2.05, 4.69) is 16.0 Å². The first-order valence-corrected chi connectivity index (χ1v) is 18.3. The first-order chi connectivity index (χ1) is 24.9. The van der Waals surface area contributed by atoms with Gasteiger partial charge in [0.25, 0.3) is 0 Å². The van der Waals surface area contributed by atoms with Gasteiger partial charge in [-0.15, -0.1) is 0 Å². The largest absolute Gasteiger partial charge is 0.394 e. The Morgan fingerprint density at radius 3 is 1.25 bits per heavy atom. The van der Waals surface area contributed by atoms with Crippen LogP contribution in [-0.4, -0.2) is 169 Å². The summed E-state index contributed by atoms with van der Waals surface area (Å²) in [6.07, 6.45) is -14.2. The van der Waals surface area contributed by atoms with Crippen molar-refractivity contribution < 1.29 is 78.9 Å². The van der Waals surface area contributed by atoms with E-state index in [9.17, 15) is 55.2 Å². The first kappa shape index (κ1) is 45.3. The highest BCUT2D eigenvalue weighted by atomic mass is 16.7. The molecule has 3 rings (SSSR count). The SMILES string of the molecule is CCC(CC)(OC1OC(CO)C(C(CC)(CC)OC2OC(CO)C(O)C(O)C2NC(C)=O)C(O)C1NC(C)=O)C1C(CO)OC(O)C(NC(C)=O)C1O. The van der Waals surface area contributed by atoms with Gasteiger partial charge in [-0.05, 0) is 25.7 Å². The minimum atomic E-state index is -1.67. The standard InChI is InChI=1S/C34H61N3O16/c1-8-33(9-2,21-18(12-38)49-30(48)23(27(21)45)35-15(5)41)52-31-24(36-16(6)42)28(46)22(19(13-39)50-31)34(10-3,11-4)53-32-25(37-17(7)43)29(47)26(44)20(14-40)51-32/h18-32,38-40,44-48H,8-14H2,1-7H3,(H,35,41)(H,36,42)(H,37,43). The van der Waals surface area contributed by atoms with Crippen molar-refractivity contribution in [1.82, 2.24) is 16.0 Å². The Hall–Kier alpha value is -2.11. The molecule has 0 radical (unpaired) electrons. The number of carbonyl (C=O) groups is 3. The first-order valence-electron chi connectivity index (χ1n) is 18.3. The third kappa shape index (κ3) is 9.48. The zero-order chi connectivity index (χ0) is 40.0. The van der Waals surface area contributed by atoms with E-state index in [1.54, 1.807) is 27.7 Å². The average molecular weight is 768 g/mol. The van der Waals surface area contributed by atoms with Gasteiger partial charge in [-0.25, -0.2) is 0 Å². The molecule has 0 aromatic carbocycles. The molecule has 19 heteroatoms. The maximum absolute atomic E-state index is 12.7. The summed E-state index contributed by atoms with van der Waals surface area (Å²) in [7, 11) is 0. The summed E-state index contributed by atoms with van der Waals surface area (Å²) >= 11 is 0. The second-order valence-corrected chi connectivity index (χ2v) is 14.2. The van der Waals surface area contributed by atoms with Crippen LogP contribution in [-0.2, 0) is 38.1 Å². The fourth-order valence-corrected chi connectivity index (χ4v) is 8.37. The highest BCUT2D eigenvalue weighted by molar-refractivity contribution is 5.74. The van der Waals surface area contributed by atoms with Crippen molar-refractivity contribution in [3.63, 3.8) is 0 Å². The van der Waals surface area contributed by atoms with E-state index in [1.807, 2.05) is 0 Å². The van der Waals surface area contributed by atoms with Crippen LogP contribution >= 0.6 is 0 Å². The molecule has 11 N–H and O–H groups in total. The molecule has 3 aliphatic rings. The van der Waals surface area contributed by atoms with Crippen molar-refractivity contribution in [3.8, 4) is 0 Å². The summed E-state index contributed by atoms with van der Waals surface area (Å²) < 4.78 is 31.1. The molecule has 53 heavy (non-hydrogen) atoms. The van der Waals surface area contributed by atoms with Crippen LogP contribution in [0.5, 0.6) is 0 Å². The highest BCUT2D eigenvalue weighted by Gasteiger charge is 2.60. The van der Waals surface area contributed by atoms with E-state index >= 15 is 0 Å². The van der Waals surface area contributed by atoms with Gasteiger partial charge in [0.05, 0.1) is 55.4 Å². The molecule has 3 saturated heterocycles. The van der Waals surface area contributed by atoms with Gasteiger partial charge in [-0.2, -0.15) is 0 Å². The summed E-state index contributed by atoms with van der Waals surface area (Å²) in [5.74, 6) is -3.97. The minimum absolute atomic E-state index is 0.128. The zero-order valence-corrected chi connectivity index (χ0v) is 31.5. The quantitative estimate of drug-likeness (QED) is 0.0726. The Balaban J connectivity index is 2.09. The Morgan fingerprint density at radius 1 is 0.528 bits per heavy atom. The molecule has 308 valence electrons. The molecule has 0 aromatic rings. The fourth-order valence-electron chi connectivity index (χ4n) is 8.37. The molecule has 0 aromatic heterocycles. The maximum Gasteiger partial charge on any atom is 0.217 e. The van der Waals surface area contributed by atoms with E-state index in [0.717, 1.165) is 0 Å². The number of rotatable bonds is 16. The lowest BCUT2D eigenvalue weighted by atomic mass is 9.71. The summed E-state index contributed by atoms with van der Waals surface area (Å²) in [5.41, 5.74) is -2.92. The van der Waals surface area contributed by atoms with Crippen LogP contribution in [0.3, 0.4) is 0 Å². The number of hydrogen-bond donors (Lipinski definition) is 11. The number of hydrogen-bond acceptors (Lipinski definition) is 16. The van der Waals surface area contributed by atoms with E-state index in [-0.39, 0.29) is 25.7 Å². The second kappa shape index (κ2) is 19.2. The molecule has 0 aliphatic carbocycles. The van der Waals surface area contributed by atoms with Gasteiger partial charge in [-0.3, -0.25) is 14.4 Å². The molecular formula is C34H61N3O16. The lowest BCUT2D eigenvalue weighted by Crippen LogP contribution is -2.72. The highest BCUT2D eigenvalue weighted by Crippen LogP contribution is 2.46. The molecule has 0 saturated carbocycles. The van der Waals surface area contributed by atoms with Crippen LogP contribution in [0.25, 0.3) is 0 Å². The van der Waals surface area contributed by atoms with Crippen LogP contribution in [0, 0.1) is 11.8 Å². The average Bonchev–Trinajstić information content (AvgIpc) is 3.11. The molecule has 3 amide bonds. The predicted octanol–water partition coefficient (Wildman–Crippen LogP) is -3.53. The van der Waals surface area contributed by atoms with Crippen LogP contribution in [0.15, 0.2) is 0 Å². The second-order valence-electron chi connectivity index (χ2n) is 14.2. The van der Waals surface area contributed by atoms with Gasteiger partial charge in [0.1, 0.15) is 36.4 Å². The third-order valence-electron chi connectivity index (χ3n) is 11.2. The van der Waals surface area contributed by atoms with Crippen molar-refractivity contribution in [2.75, 3.05) is 19.8 Å². The smallest absolute Gasteiger partial charge is 0.217 e. The number of ether oxygens (including phenoxy) is 5. The van der Waals surface area contributed by atoms with Crippen molar-refractivity contribution in [2.45, 2.75) is 165 Å². The lowest BCUT2D eigenvalue weighted by molar-refractivity contribution is -0.356. The van der Waals surface area contributed by atoms with Crippen LogP contribution in [0.4, 0.5) is 0 Å². The molecular weight excluding hydrogens is 706 g/mol. The molecule has 15 atom stereocenters. The topological polar surface area (TPSA) is 295 Å². The fraction of sp³-hybridized carbons (Fsp3) is 0.912. The van der Waals surface area contributed by atoms with Crippen molar-refractivity contribution in [1.29, 1.82) is 0 Å². The van der Waals surface area contributed by atoms with E-state index in [4.69, 9.17) is 23.7 Å². The molecule has 0 spiro atoms. The van der Waals surface area contributed by atoms with E-state index in [0.29, 0.717) is 0 Å². The van der Waals surface area contributed by atoms with Crippen LogP contribution in [0.2, 0.25) is 0 Å². The monoisotopic (exact) mass is 767 g/mol. The number of amides is 3.